The van der Waals surface area contributed by atoms with E-state index >= 15 is 0 Å². The van der Waals surface area contributed by atoms with Crippen molar-refractivity contribution in [1.29, 1.82) is 0 Å². The van der Waals surface area contributed by atoms with Crippen molar-refractivity contribution in [3.8, 4) is 11.1 Å². The van der Waals surface area contributed by atoms with Gasteiger partial charge in [-0.25, -0.2) is 19.7 Å². The molecule has 0 fully saturated rings. The lowest BCUT2D eigenvalue weighted by Gasteiger charge is -2.01. The fraction of sp³-hybridized carbons (Fsp3) is 0.143. The lowest BCUT2D eigenvalue weighted by Crippen LogP contribution is -2.28. The Hall–Kier alpha value is -2.06. The second kappa shape index (κ2) is 6.37. The molecule has 2 heterocycles. The number of carbonyl (C=O) groups excluding carboxylic acids is 1. The van der Waals surface area contributed by atoms with E-state index < -0.39 is 0 Å². The molecule has 0 aliphatic heterocycles. The number of fused-ring (bicyclic) bond motifs is 1. The molecule has 0 aliphatic carbocycles. The van der Waals surface area contributed by atoms with Crippen LogP contribution in [0, 0.1) is 0 Å². The third-order valence-corrected chi connectivity index (χ3v) is 4.80. The highest BCUT2D eigenvalue weighted by atomic mass is 79.9. The maximum absolute atomic E-state index is 11.6. The summed E-state index contributed by atoms with van der Waals surface area (Å²) in [4.78, 5) is 24.1. The van der Waals surface area contributed by atoms with Crippen LogP contribution in [0.4, 0.5) is 9.93 Å². The predicted molar refractivity (Wildman–Crippen MR) is 91.0 cm³/mol. The molecule has 0 atom stereocenters. The Morgan fingerprint density at radius 1 is 1.27 bits per heavy atom. The number of benzene rings is 1. The normalized spacial score (nSPS) is 10.6. The van der Waals surface area contributed by atoms with Crippen LogP contribution in [0.1, 0.15) is 6.92 Å². The molecule has 2 amide bonds. The first-order chi connectivity index (χ1) is 10.7. The van der Waals surface area contributed by atoms with Crippen LogP contribution < -0.4 is 10.6 Å². The number of carbonyl (C=O) groups is 1. The first kappa shape index (κ1) is 14.9. The van der Waals surface area contributed by atoms with Gasteiger partial charge in [-0.3, -0.25) is 5.32 Å². The highest BCUT2D eigenvalue weighted by Crippen LogP contribution is 2.35. The van der Waals surface area contributed by atoms with Crippen LogP contribution in [0.5, 0.6) is 0 Å². The van der Waals surface area contributed by atoms with Crippen LogP contribution in [0.2, 0.25) is 0 Å². The van der Waals surface area contributed by atoms with E-state index in [1.807, 2.05) is 19.1 Å². The lowest BCUT2D eigenvalue weighted by atomic mass is 10.1. The number of hydrogen-bond acceptors (Lipinski definition) is 5. The summed E-state index contributed by atoms with van der Waals surface area (Å²) >= 11 is 4.98. The van der Waals surface area contributed by atoms with Gasteiger partial charge in [0, 0.05) is 29.0 Å². The number of nitrogens with zero attached hydrogens (tertiary/aromatic N) is 3. The molecule has 3 rings (SSSR count). The average molecular weight is 378 g/mol. The summed E-state index contributed by atoms with van der Waals surface area (Å²) in [5, 5.41) is 5.97. The van der Waals surface area contributed by atoms with Crippen molar-refractivity contribution in [1.82, 2.24) is 20.3 Å². The van der Waals surface area contributed by atoms with Crippen molar-refractivity contribution in [3.63, 3.8) is 0 Å². The van der Waals surface area contributed by atoms with Crippen LogP contribution in [0.25, 0.3) is 21.3 Å². The highest BCUT2D eigenvalue weighted by molar-refractivity contribution is 9.10. The van der Waals surface area contributed by atoms with Gasteiger partial charge in [0.25, 0.3) is 0 Å². The molecule has 0 bridgehead atoms. The summed E-state index contributed by atoms with van der Waals surface area (Å²) in [6.45, 7) is 2.43. The van der Waals surface area contributed by atoms with E-state index in [0.717, 1.165) is 25.8 Å². The molecule has 0 saturated carbocycles. The van der Waals surface area contributed by atoms with Crippen molar-refractivity contribution in [2.45, 2.75) is 6.92 Å². The summed E-state index contributed by atoms with van der Waals surface area (Å²) in [7, 11) is 0. The standard InChI is InChI=1S/C14H12BrN5OS/c1-2-18-13(21)20-14-19-11-4-8(3-10(15)12(11)22-14)9-5-16-7-17-6-9/h3-7H,2H2,1H3,(H2,18,19,20,21). The quantitative estimate of drug-likeness (QED) is 0.729. The topological polar surface area (TPSA) is 79.8 Å². The van der Waals surface area contributed by atoms with Crippen molar-refractivity contribution in [2.24, 2.45) is 0 Å². The Bertz CT molecular complexity index is 821. The Kier molecular flexibility index (Phi) is 4.30. The van der Waals surface area contributed by atoms with Gasteiger partial charge >= 0.3 is 6.03 Å². The molecular weight excluding hydrogens is 366 g/mol. The second-order valence-electron chi connectivity index (χ2n) is 4.44. The fourth-order valence-corrected chi connectivity index (χ4v) is 3.50. The molecule has 22 heavy (non-hydrogen) atoms. The minimum absolute atomic E-state index is 0.255. The Labute approximate surface area is 139 Å². The largest absolute Gasteiger partial charge is 0.338 e. The molecule has 6 nitrogen and oxygen atoms in total. The zero-order valence-corrected chi connectivity index (χ0v) is 14.0. The van der Waals surface area contributed by atoms with Crippen molar-refractivity contribution in [3.05, 3.63) is 35.3 Å². The summed E-state index contributed by atoms with van der Waals surface area (Å²) < 4.78 is 1.90. The highest BCUT2D eigenvalue weighted by Gasteiger charge is 2.11. The van der Waals surface area contributed by atoms with Crippen LogP contribution in [0.15, 0.2) is 35.3 Å². The Morgan fingerprint density at radius 2 is 2.05 bits per heavy atom. The molecule has 0 radical (unpaired) electrons. The minimum Gasteiger partial charge on any atom is -0.338 e. The number of nitrogens with one attached hydrogen (secondary N) is 2. The van der Waals surface area contributed by atoms with E-state index in [2.05, 4.69) is 41.5 Å². The van der Waals surface area contributed by atoms with Gasteiger partial charge in [0.2, 0.25) is 0 Å². The molecule has 0 saturated heterocycles. The van der Waals surface area contributed by atoms with E-state index in [4.69, 9.17) is 0 Å². The molecule has 3 aromatic rings. The zero-order chi connectivity index (χ0) is 15.5. The number of rotatable bonds is 3. The lowest BCUT2D eigenvalue weighted by molar-refractivity contribution is 0.252. The first-order valence-corrected chi connectivity index (χ1v) is 8.18. The van der Waals surface area contributed by atoms with Crippen LogP contribution in [-0.4, -0.2) is 27.5 Å². The number of thiazole rings is 1. The molecule has 0 aliphatic rings. The van der Waals surface area contributed by atoms with Crippen LogP contribution in [-0.2, 0) is 0 Å². The molecule has 2 N–H and O–H groups in total. The number of hydrogen-bond donors (Lipinski definition) is 2. The van der Waals surface area contributed by atoms with Gasteiger partial charge in [0.1, 0.15) is 6.33 Å². The van der Waals surface area contributed by atoms with E-state index in [-0.39, 0.29) is 6.03 Å². The molecule has 2 aromatic heterocycles. The fourth-order valence-electron chi connectivity index (χ4n) is 1.96. The summed E-state index contributed by atoms with van der Waals surface area (Å²) in [5.41, 5.74) is 2.69. The number of anilines is 1. The van der Waals surface area contributed by atoms with Gasteiger partial charge in [-0.2, -0.15) is 0 Å². The van der Waals surface area contributed by atoms with Crippen LogP contribution in [0.3, 0.4) is 0 Å². The zero-order valence-electron chi connectivity index (χ0n) is 11.6. The number of urea groups is 1. The van der Waals surface area contributed by atoms with Gasteiger partial charge in [-0.15, -0.1) is 0 Å². The molecular formula is C14H12BrN5OS. The van der Waals surface area contributed by atoms with Crippen molar-refractivity contribution >= 4 is 48.6 Å². The smallest absolute Gasteiger partial charge is 0.321 e. The van der Waals surface area contributed by atoms with Gasteiger partial charge in [0.15, 0.2) is 5.13 Å². The van der Waals surface area contributed by atoms with Gasteiger partial charge in [-0.1, -0.05) is 11.3 Å². The SMILES string of the molecule is CCNC(=O)Nc1nc2cc(-c3cncnc3)cc(Br)c2s1. The number of amides is 2. The van der Waals surface area contributed by atoms with E-state index in [0.29, 0.717) is 11.7 Å². The molecule has 1 aromatic carbocycles. The molecule has 0 unspecified atom stereocenters. The molecule has 8 heteroatoms. The van der Waals surface area contributed by atoms with Crippen LogP contribution >= 0.6 is 27.3 Å². The van der Waals surface area contributed by atoms with Gasteiger partial charge < -0.3 is 5.32 Å². The van der Waals surface area contributed by atoms with Gasteiger partial charge in [-0.05, 0) is 40.5 Å². The van der Waals surface area contributed by atoms with Gasteiger partial charge in [0.05, 0.1) is 10.2 Å². The number of aromatic nitrogens is 3. The third kappa shape index (κ3) is 3.07. The third-order valence-electron chi connectivity index (χ3n) is 2.90. The summed E-state index contributed by atoms with van der Waals surface area (Å²) in [5.74, 6) is 0. The second-order valence-corrected chi connectivity index (χ2v) is 6.29. The van der Waals surface area contributed by atoms with E-state index in [1.54, 1.807) is 12.4 Å². The Balaban J connectivity index is 1.98. The number of halogens is 1. The maximum Gasteiger partial charge on any atom is 0.321 e. The van der Waals surface area contributed by atoms with Crippen molar-refractivity contribution in [2.75, 3.05) is 11.9 Å². The summed E-state index contributed by atoms with van der Waals surface area (Å²) in [6, 6.07) is 3.70. The van der Waals surface area contributed by atoms with E-state index in [9.17, 15) is 4.79 Å². The average Bonchev–Trinajstić information content (AvgIpc) is 2.91. The van der Waals surface area contributed by atoms with Crippen molar-refractivity contribution < 1.29 is 4.79 Å². The molecule has 112 valence electrons. The summed E-state index contributed by atoms with van der Waals surface area (Å²) in [6.07, 6.45) is 5.00. The molecule has 0 spiro atoms. The van der Waals surface area contributed by atoms with E-state index in [1.165, 1.54) is 17.7 Å². The maximum atomic E-state index is 11.6. The Morgan fingerprint density at radius 3 is 2.77 bits per heavy atom. The first-order valence-electron chi connectivity index (χ1n) is 6.57. The monoisotopic (exact) mass is 377 g/mol. The minimum atomic E-state index is -0.255. The predicted octanol–water partition coefficient (Wildman–Crippen LogP) is 3.66.